The van der Waals surface area contributed by atoms with E-state index in [0.29, 0.717) is 0 Å². The Balaban J connectivity index is 1.09. The van der Waals surface area contributed by atoms with Gasteiger partial charge in [0.2, 0.25) is 0 Å². The van der Waals surface area contributed by atoms with E-state index < -0.39 is 0 Å². The quantitative estimate of drug-likeness (QED) is 0.159. The lowest BCUT2D eigenvalue weighted by molar-refractivity contribution is 0.281. The highest BCUT2D eigenvalue weighted by atomic mass is 15.3. The van der Waals surface area contributed by atoms with Gasteiger partial charge in [-0.1, -0.05) is 202 Å². The molecular weight excluding hydrogens is 918 g/mol. The van der Waals surface area contributed by atoms with E-state index in [1.54, 1.807) is 0 Å². The maximum absolute atomic E-state index is 2.75. The Hall–Kier alpha value is -7.56. The largest absolute Gasteiger partial charge is 0.334 e. The number of anilines is 8. The van der Waals surface area contributed by atoms with Crippen molar-refractivity contribution in [1.82, 2.24) is 0 Å². The molecule has 1 aliphatic carbocycles. The van der Waals surface area contributed by atoms with Crippen LogP contribution in [0.4, 0.5) is 45.5 Å². The summed E-state index contributed by atoms with van der Waals surface area (Å²) in [5.74, 6) is 0. The minimum absolute atomic E-state index is 0.00945. The lowest BCUT2D eigenvalue weighted by Gasteiger charge is -2.53. The summed E-state index contributed by atoms with van der Waals surface area (Å²) in [7, 11) is 0. The molecule has 3 aliphatic heterocycles. The van der Waals surface area contributed by atoms with Crippen LogP contribution in [0.3, 0.4) is 0 Å². The average molecular weight is 988 g/mol. The molecule has 0 amide bonds. The molecule has 0 aromatic heterocycles. The summed E-state index contributed by atoms with van der Waals surface area (Å²) < 4.78 is 0. The van der Waals surface area contributed by atoms with E-state index in [1.807, 2.05) is 0 Å². The van der Waals surface area contributed by atoms with Crippen molar-refractivity contribution < 1.29 is 0 Å². The van der Waals surface area contributed by atoms with Gasteiger partial charge in [0, 0.05) is 50.8 Å². The number of para-hydroxylation sites is 1. The first-order chi connectivity index (χ1) is 36.3. The van der Waals surface area contributed by atoms with E-state index in [-0.39, 0.29) is 33.9 Å². The molecule has 4 heteroatoms. The van der Waals surface area contributed by atoms with E-state index in [1.165, 1.54) is 112 Å². The van der Waals surface area contributed by atoms with Gasteiger partial charge in [-0.2, -0.15) is 0 Å². The summed E-state index contributed by atoms with van der Waals surface area (Å²) >= 11 is 0. The Morgan fingerprint density at radius 3 is 1.64 bits per heavy atom. The van der Waals surface area contributed by atoms with Gasteiger partial charge in [0.05, 0.1) is 11.2 Å². The van der Waals surface area contributed by atoms with Gasteiger partial charge >= 0.3 is 0 Å². The number of nitrogens with zero attached hydrogens (tertiary/aromatic N) is 3. The molecule has 0 fully saturated rings. The van der Waals surface area contributed by atoms with Crippen LogP contribution in [-0.4, -0.2) is 12.3 Å². The van der Waals surface area contributed by atoms with Crippen LogP contribution in [0.1, 0.15) is 114 Å². The van der Waals surface area contributed by atoms with Crippen molar-refractivity contribution in [3.8, 4) is 11.1 Å². The van der Waals surface area contributed by atoms with Crippen LogP contribution in [-0.2, 0) is 34.5 Å². The van der Waals surface area contributed by atoms with E-state index in [2.05, 4.69) is 291 Å². The van der Waals surface area contributed by atoms with Crippen molar-refractivity contribution in [2.45, 2.75) is 116 Å². The van der Waals surface area contributed by atoms with Gasteiger partial charge in [0.1, 0.15) is 0 Å². The van der Waals surface area contributed by atoms with Crippen molar-refractivity contribution in [3.63, 3.8) is 0 Å². The van der Waals surface area contributed by atoms with Crippen molar-refractivity contribution in [2.75, 3.05) is 14.7 Å². The van der Waals surface area contributed by atoms with Gasteiger partial charge in [-0.25, -0.2) is 0 Å². The highest BCUT2D eigenvalue weighted by Crippen LogP contribution is 2.63. The first-order valence-corrected chi connectivity index (χ1v) is 27.7. The molecule has 9 aromatic carbocycles. The fourth-order valence-corrected chi connectivity index (χ4v) is 14.0. The highest BCUT2D eigenvalue weighted by molar-refractivity contribution is 7.00. The third-order valence-corrected chi connectivity index (χ3v) is 17.9. The van der Waals surface area contributed by atoms with Crippen LogP contribution < -0.4 is 31.1 Å². The zero-order valence-corrected chi connectivity index (χ0v) is 46.4. The van der Waals surface area contributed by atoms with Gasteiger partial charge in [-0.3, -0.25) is 0 Å². The summed E-state index contributed by atoms with van der Waals surface area (Å²) in [6.45, 7) is 25.8. The van der Waals surface area contributed by atoms with Crippen LogP contribution in [0.25, 0.3) is 11.1 Å². The molecular formula is C72H70BN3. The second kappa shape index (κ2) is 17.0. The summed E-state index contributed by atoms with van der Waals surface area (Å²) in [4.78, 5) is 7.99. The molecule has 76 heavy (non-hydrogen) atoms. The molecule has 376 valence electrons. The Morgan fingerprint density at radius 1 is 0.421 bits per heavy atom. The SMILES string of the molecule is Cc1cc2c3c(c1)N(c1ccc(C(C)(C)C)cc1-c1ccccc1)c1ccc(C(C)(C)C)cc1B3c1ccc(N3c4ccccc4C4(c5ccccc5)Cc5ccccc5CC34C)cc1N2c1ccc(C(C)(C)C)cc1. The second-order valence-electron chi connectivity index (χ2n) is 25.8. The first kappa shape index (κ1) is 48.1. The molecule has 4 aliphatic rings. The molecule has 0 N–H and O–H groups in total. The number of rotatable bonds is 5. The number of aryl methyl sites for hydroxylation is 1. The number of hydrogen-bond acceptors (Lipinski definition) is 3. The molecule has 0 radical (unpaired) electrons. The van der Waals surface area contributed by atoms with Crippen LogP contribution in [0.5, 0.6) is 0 Å². The number of benzene rings is 9. The summed E-state index contributed by atoms with van der Waals surface area (Å²) in [5, 5.41) is 0. The number of fused-ring (bicyclic) bond motifs is 8. The third kappa shape index (κ3) is 7.23. The topological polar surface area (TPSA) is 9.72 Å². The summed E-state index contributed by atoms with van der Waals surface area (Å²) in [5.41, 5.74) is 26.4. The molecule has 0 spiro atoms. The monoisotopic (exact) mass is 988 g/mol. The Bertz CT molecular complexity index is 3760. The zero-order valence-electron chi connectivity index (χ0n) is 46.4. The van der Waals surface area contributed by atoms with Crippen molar-refractivity contribution in [1.29, 1.82) is 0 Å². The van der Waals surface area contributed by atoms with Gasteiger partial charge in [-0.15, -0.1) is 0 Å². The molecule has 0 saturated carbocycles. The molecule has 2 atom stereocenters. The van der Waals surface area contributed by atoms with E-state index >= 15 is 0 Å². The molecule has 2 unspecified atom stereocenters. The van der Waals surface area contributed by atoms with E-state index in [0.717, 1.165) is 18.5 Å². The molecule has 13 rings (SSSR count). The van der Waals surface area contributed by atoms with E-state index in [4.69, 9.17) is 0 Å². The van der Waals surface area contributed by atoms with Gasteiger partial charge in [0.15, 0.2) is 0 Å². The van der Waals surface area contributed by atoms with Crippen molar-refractivity contribution in [3.05, 3.63) is 245 Å². The van der Waals surface area contributed by atoms with Gasteiger partial charge in [0.25, 0.3) is 6.71 Å². The van der Waals surface area contributed by atoms with Crippen molar-refractivity contribution in [2.24, 2.45) is 0 Å². The Labute approximate surface area is 453 Å². The molecule has 0 bridgehead atoms. The summed E-state index contributed by atoms with van der Waals surface area (Å²) in [6.07, 6.45) is 1.84. The normalized spacial score (nSPS) is 18.4. The molecule has 3 nitrogen and oxygen atoms in total. The average Bonchev–Trinajstić information content (AvgIpc) is 3.57. The fraction of sp³-hybridized carbons (Fsp3) is 0.250. The predicted octanol–water partition coefficient (Wildman–Crippen LogP) is 16.6. The highest BCUT2D eigenvalue weighted by Gasteiger charge is 2.62. The maximum Gasteiger partial charge on any atom is 0.252 e. The van der Waals surface area contributed by atoms with Gasteiger partial charge < -0.3 is 14.7 Å². The first-order valence-electron chi connectivity index (χ1n) is 27.7. The van der Waals surface area contributed by atoms with Gasteiger partial charge in [-0.05, 0) is 170 Å². The van der Waals surface area contributed by atoms with Crippen LogP contribution in [0, 0.1) is 6.92 Å². The Kier molecular flexibility index (Phi) is 10.7. The molecule has 9 aromatic rings. The summed E-state index contributed by atoms with van der Waals surface area (Å²) in [6, 6.07) is 77.6. The number of hydrogen-bond donors (Lipinski definition) is 0. The van der Waals surface area contributed by atoms with Crippen LogP contribution >= 0.6 is 0 Å². The second-order valence-corrected chi connectivity index (χ2v) is 25.8. The smallest absolute Gasteiger partial charge is 0.252 e. The minimum atomic E-state index is -0.339. The lowest BCUT2D eigenvalue weighted by atomic mass is 9.33. The lowest BCUT2D eigenvalue weighted by Crippen LogP contribution is -2.62. The minimum Gasteiger partial charge on any atom is -0.334 e. The van der Waals surface area contributed by atoms with Crippen molar-refractivity contribution >= 4 is 68.6 Å². The molecule has 0 saturated heterocycles. The van der Waals surface area contributed by atoms with Crippen LogP contribution in [0.15, 0.2) is 200 Å². The standard InChI is InChI=1S/C72H70BN3/c1-47-40-65-67-66(41-47)75(61-38-32-53(69(5,6)7)42-57(61)48-22-14-12-15-23-48)63-39-33-54(70(8,9)10)43-60(63)73(67)59-37-36-56(44-64(59)74(65)55-34-30-51(31-35-55)68(2,3)4)76-62-29-21-20-28-58(62)72(52-26-16-13-17-27-52)46-50-25-19-18-24-49(50)45-71(72,76)11/h12-44H,45-46H2,1-11H3. The molecule has 3 heterocycles. The third-order valence-electron chi connectivity index (χ3n) is 17.9. The zero-order chi connectivity index (χ0) is 52.7. The van der Waals surface area contributed by atoms with Crippen LogP contribution in [0.2, 0.25) is 0 Å². The fourth-order valence-electron chi connectivity index (χ4n) is 14.0. The predicted molar refractivity (Wildman–Crippen MR) is 325 cm³/mol. The van der Waals surface area contributed by atoms with E-state index in [9.17, 15) is 0 Å². The Morgan fingerprint density at radius 2 is 0.974 bits per heavy atom. The maximum atomic E-state index is 2.75.